The molecular weight excluding hydrogens is 346 g/mol. The first kappa shape index (κ1) is 21.2. The molecule has 1 rings (SSSR count). The van der Waals surface area contributed by atoms with Gasteiger partial charge in [-0.3, -0.25) is 4.18 Å². The first-order chi connectivity index (χ1) is 11.5. The second-order valence-corrected chi connectivity index (χ2v) is 8.03. The Morgan fingerprint density at radius 2 is 1.92 bits per heavy atom. The summed E-state index contributed by atoms with van der Waals surface area (Å²) in [6.45, 7) is 9.45. The van der Waals surface area contributed by atoms with Crippen LogP contribution < -0.4 is 10.1 Å². The van der Waals surface area contributed by atoms with E-state index in [4.69, 9.17) is 13.7 Å². The summed E-state index contributed by atoms with van der Waals surface area (Å²) in [5.74, 6) is 0.241. The summed E-state index contributed by atoms with van der Waals surface area (Å²) in [4.78, 5) is 11.5. The molecule has 1 aromatic rings. The Kier molecular flexibility index (Phi) is 7.69. The number of hydrogen-bond donors (Lipinski definition) is 1. The fourth-order valence-corrected chi connectivity index (χ4v) is 2.95. The molecule has 1 amide bonds. The molecule has 0 atom stereocenters. The second kappa shape index (κ2) is 9.05. The van der Waals surface area contributed by atoms with Crippen molar-refractivity contribution in [3.63, 3.8) is 0 Å². The van der Waals surface area contributed by atoms with Gasteiger partial charge in [-0.2, -0.15) is 8.42 Å². The molecule has 1 N–H and O–H groups in total. The minimum Gasteiger partial charge on any atom is -0.492 e. The summed E-state index contributed by atoms with van der Waals surface area (Å²) in [7, 11) is -3.85. The van der Waals surface area contributed by atoms with Crippen molar-refractivity contribution in [1.82, 2.24) is 5.32 Å². The third kappa shape index (κ3) is 7.74. The third-order valence-electron chi connectivity index (χ3n) is 2.89. The van der Waals surface area contributed by atoms with E-state index >= 15 is 0 Å². The van der Waals surface area contributed by atoms with Crippen LogP contribution in [0.2, 0.25) is 0 Å². The topological polar surface area (TPSA) is 90.9 Å². The van der Waals surface area contributed by atoms with Gasteiger partial charge in [0.15, 0.2) is 0 Å². The van der Waals surface area contributed by atoms with Gasteiger partial charge in [-0.15, -0.1) is 0 Å². The number of nitrogens with one attached hydrogen (secondary N) is 1. The Balaban J connectivity index is 2.58. The Bertz CT molecular complexity index is 679. The molecule has 0 radical (unpaired) electrons. The SMILES string of the molecule is CCOS(=O)(=O)c1ccc(C)cc1OCCCNC(=O)OC(C)(C)C. The zero-order valence-electron chi connectivity index (χ0n) is 15.4. The predicted molar refractivity (Wildman–Crippen MR) is 94.3 cm³/mol. The van der Waals surface area contributed by atoms with Gasteiger partial charge in [0.1, 0.15) is 16.2 Å². The van der Waals surface area contributed by atoms with Crippen LogP contribution >= 0.6 is 0 Å². The van der Waals surface area contributed by atoms with E-state index in [1.807, 2.05) is 6.92 Å². The lowest BCUT2D eigenvalue weighted by atomic mass is 10.2. The lowest BCUT2D eigenvalue weighted by molar-refractivity contribution is 0.0525. The summed E-state index contributed by atoms with van der Waals surface area (Å²) in [6.07, 6.45) is 0.00377. The normalized spacial score (nSPS) is 11.9. The van der Waals surface area contributed by atoms with Crippen LogP contribution in [0.25, 0.3) is 0 Å². The van der Waals surface area contributed by atoms with Gasteiger partial charge in [-0.05, 0) is 58.7 Å². The van der Waals surface area contributed by atoms with Crippen molar-refractivity contribution in [2.24, 2.45) is 0 Å². The quantitative estimate of drug-likeness (QED) is 0.556. The van der Waals surface area contributed by atoms with Gasteiger partial charge in [-0.1, -0.05) is 6.07 Å². The van der Waals surface area contributed by atoms with Crippen LogP contribution in [-0.2, 0) is 19.0 Å². The molecule has 0 spiro atoms. The average molecular weight is 373 g/mol. The highest BCUT2D eigenvalue weighted by Crippen LogP contribution is 2.26. The number of rotatable bonds is 8. The molecule has 7 nitrogen and oxygen atoms in total. The Morgan fingerprint density at radius 3 is 2.52 bits per heavy atom. The smallest absolute Gasteiger partial charge is 0.407 e. The van der Waals surface area contributed by atoms with E-state index in [2.05, 4.69) is 5.32 Å². The fourth-order valence-electron chi connectivity index (χ4n) is 1.91. The van der Waals surface area contributed by atoms with Gasteiger partial charge in [0.05, 0.1) is 13.2 Å². The van der Waals surface area contributed by atoms with E-state index < -0.39 is 21.8 Å². The van der Waals surface area contributed by atoms with Crippen LogP contribution in [0, 0.1) is 6.92 Å². The molecule has 0 aliphatic heterocycles. The van der Waals surface area contributed by atoms with E-state index in [1.54, 1.807) is 39.8 Å². The zero-order chi connectivity index (χ0) is 19.1. The highest BCUT2D eigenvalue weighted by molar-refractivity contribution is 7.86. The molecule has 0 aliphatic rings. The molecular formula is C17H27NO6S. The van der Waals surface area contributed by atoms with Crippen molar-refractivity contribution in [1.29, 1.82) is 0 Å². The van der Waals surface area contributed by atoms with Gasteiger partial charge >= 0.3 is 16.2 Å². The minimum atomic E-state index is -3.85. The number of amides is 1. The maximum Gasteiger partial charge on any atom is 0.407 e. The first-order valence-corrected chi connectivity index (χ1v) is 9.55. The molecule has 0 heterocycles. The van der Waals surface area contributed by atoms with E-state index in [0.29, 0.717) is 13.0 Å². The molecule has 142 valence electrons. The first-order valence-electron chi connectivity index (χ1n) is 8.15. The van der Waals surface area contributed by atoms with Crippen LogP contribution in [0.5, 0.6) is 5.75 Å². The zero-order valence-corrected chi connectivity index (χ0v) is 16.2. The number of hydrogen-bond acceptors (Lipinski definition) is 6. The van der Waals surface area contributed by atoms with Gasteiger partial charge in [0.2, 0.25) is 0 Å². The summed E-state index contributed by atoms with van der Waals surface area (Å²) in [5.41, 5.74) is 0.322. The van der Waals surface area contributed by atoms with E-state index in [1.165, 1.54) is 6.07 Å². The van der Waals surface area contributed by atoms with Gasteiger partial charge < -0.3 is 14.8 Å². The van der Waals surface area contributed by atoms with E-state index in [9.17, 15) is 13.2 Å². The van der Waals surface area contributed by atoms with Crippen molar-refractivity contribution in [2.45, 2.75) is 51.5 Å². The number of aryl methyl sites for hydroxylation is 1. The highest BCUT2D eigenvalue weighted by Gasteiger charge is 2.20. The van der Waals surface area contributed by atoms with Crippen molar-refractivity contribution >= 4 is 16.2 Å². The number of alkyl carbamates (subject to hydrolysis) is 1. The summed E-state index contributed by atoms with van der Waals surface area (Å²) in [6, 6.07) is 4.80. The molecule has 0 fully saturated rings. The van der Waals surface area contributed by atoms with Crippen LogP contribution in [0.15, 0.2) is 23.1 Å². The number of ether oxygens (including phenoxy) is 2. The van der Waals surface area contributed by atoms with Crippen LogP contribution in [0.3, 0.4) is 0 Å². The molecule has 0 unspecified atom stereocenters. The van der Waals surface area contributed by atoms with Crippen molar-refractivity contribution in [3.8, 4) is 5.75 Å². The van der Waals surface area contributed by atoms with Crippen LogP contribution in [0.1, 0.15) is 39.7 Å². The molecule has 1 aromatic carbocycles. The lowest BCUT2D eigenvalue weighted by Crippen LogP contribution is -2.33. The van der Waals surface area contributed by atoms with Crippen molar-refractivity contribution in [3.05, 3.63) is 23.8 Å². The van der Waals surface area contributed by atoms with E-state index in [0.717, 1.165) is 5.56 Å². The molecule has 0 saturated carbocycles. The minimum absolute atomic E-state index is 0.0000477. The van der Waals surface area contributed by atoms with Crippen LogP contribution in [-0.4, -0.2) is 39.9 Å². The summed E-state index contributed by atoms with van der Waals surface area (Å²) < 4.78 is 39.7. The molecule has 0 bridgehead atoms. The maximum absolute atomic E-state index is 12.1. The van der Waals surface area contributed by atoms with Gasteiger partial charge in [-0.25, -0.2) is 4.79 Å². The van der Waals surface area contributed by atoms with Crippen molar-refractivity contribution in [2.75, 3.05) is 19.8 Å². The molecule has 25 heavy (non-hydrogen) atoms. The number of carbonyl (C=O) groups excluding carboxylic acids is 1. The summed E-state index contributed by atoms with van der Waals surface area (Å²) >= 11 is 0. The largest absolute Gasteiger partial charge is 0.492 e. The van der Waals surface area contributed by atoms with Gasteiger partial charge in [0, 0.05) is 6.54 Å². The number of carbonyl (C=O) groups is 1. The summed E-state index contributed by atoms with van der Waals surface area (Å²) in [5, 5.41) is 2.62. The van der Waals surface area contributed by atoms with Gasteiger partial charge in [0.25, 0.3) is 0 Å². The van der Waals surface area contributed by atoms with Crippen molar-refractivity contribution < 1.29 is 26.9 Å². The fraction of sp³-hybridized carbons (Fsp3) is 0.588. The maximum atomic E-state index is 12.1. The Labute approximate surface area is 149 Å². The third-order valence-corrected chi connectivity index (χ3v) is 4.31. The van der Waals surface area contributed by atoms with E-state index in [-0.39, 0.29) is 23.9 Å². The molecule has 0 aromatic heterocycles. The molecule has 0 aliphatic carbocycles. The van der Waals surface area contributed by atoms with Crippen LogP contribution in [0.4, 0.5) is 4.79 Å². The second-order valence-electron chi connectivity index (χ2n) is 6.44. The predicted octanol–water partition coefficient (Wildman–Crippen LogP) is 3.01. The lowest BCUT2D eigenvalue weighted by Gasteiger charge is -2.19. The number of benzene rings is 1. The average Bonchev–Trinajstić information content (AvgIpc) is 2.44. The molecule has 0 saturated heterocycles. The monoisotopic (exact) mass is 373 g/mol. The standard InChI is InChI=1S/C17H27NO6S/c1-6-23-25(20,21)15-9-8-13(2)12-14(15)22-11-7-10-18-16(19)24-17(3,4)5/h8-9,12H,6-7,10-11H2,1-5H3,(H,18,19). The Morgan fingerprint density at radius 1 is 1.24 bits per heavy atom. The molecule has 8 heteroatoms. The highest BCUT2D eigenvalue weighted by atomic mass is 32.2. The Hall–Kier alpha value is -1.80.